The molecule has 4 nitrogen and oxygen atoms in total. The van der Waals surface area contributed by atoms with Crippen LogP contribution in [0.1, 0.15) is 39.7 Å². The highest BCUT2D eigenvalue weighted by atomic mass is 35.5. The number of carbonyl (C=O) groups is 1. The third-order valence-electron chi connectivity index (χ3n) is 5.54. The highest BCUT2D eigenvalue weighted by molar-refractivity contribution is 7.12. The lowest BCUT2D eigenvalue weighted by Gasteiger charge is -2.40. The molecule has 4 rings (SSSR count). The fourth-order valence-corrected chi connectivity index (χ4v) is 5.51. The number of methoxy groups -OCH3 is 1. The number of nitrogens with one attached hydrogen (secondary N) is 2. The SMILES string of the molecule is CO[C@H]1[C@H](NC(=O)c2sccc2Cl)c2ccccc2C12CCNCC2.Cl. The standard InChI is InChI=1S/C19H21ClN2O2S.ClH/c1-24-17-15(22-18(23)16-14(20)6-11-25-16)12-4-2-3-5-13(12)19(17)7-9-21-10-8-19;/h2-6,11,15,17,21H,7-10H2,1H3,(H,22,23);1H/t15-,17+;/m1./s1. The van der Waals surface area contributed by atoms with Crippen LogP contribution in [0, 0.1) is 0 Å². The number of carbonyl (C=O) groups excluding carboxylic acids is 1. The van der Waals surface area contributed by atoms with E-state index in [9.17, 15) is 4.79 Å². The normalized spacial score (nSPS) is 23.3. The molecule has 1 aliphatic carbocycles. The monoisotopic (exact) mass is 412 g/mol. The molecule has 2 aliphatic rings. The zero-order valence-electron chi connectivity index (χ0n) is 14.5. The Hall–Kier alpha value is -1.11. The number of rotatable bonds is 3. The van der Waals surface area contributed by atoms with E-state index < -0.39 is 0 Å². The van der Waals surface area contributed by atoms with Crippen molar-refractivity contribution in [3.05, 3.63) is 56.7 Å². The van der Waals surface area contributed by atoms with Crippen LogP contribution in [0.15, 0.2) is 35.7 Å². The molecule has 140 valence electrons. The van der Waals surface area contributed by atoms with Gasteiger partial charge in [0.15, 0.2) is 0 Å². The van der Waals surface area contributed by atoms with Gasteiger partial charge in [-0.2, -0.15) is 0 Å². The Morgan fingerprint density at radius 3 is 2.69 bits per heavy atom. The molecular formula is C19H22Cl2N2O2S. The summed E-state index contributed by atoms with van der Waals surface area (Å²) in [5, 5.41) is 8.97. The van der Waals surface area contributed by atoms with Crippen LogP contribution in [0.5, 0.6) is 0 Å². The number of ether oxygens (including phenoxy) is 1. The highest BCUT2D eigenvalue weighted by Gasteiger charge is 2.53. The van der Waals surface area contributed by atoms with Crippen molar-refractivity contribution < 1.29 is 9.53 Å². The molecule has 0 unspecified atom stereocenters. The smallest absolute Gasteiger partial charge is 0.263 e. The number of hydrogen-bond donors (Lipinski definition) is 2. The third kappa shape index (κ3) is 3.06. The van der Waals surface area contributed by atoms with Crippen molar-refractivity contribution in [2.24, 2.45) is 0 Å². The second-order valence-electron chi connectivity index (χ2n) is 6.70. The summed E-state index contributed by atoms with van der Waals surface area (Å²) in [7, 11) is 1.75. The largest absolute Gasteiger partial charge is 0.378 e. The van der Waals surface area contributed by atoms with E-state index in [0.29, 0.717) is 9.90 Å². The quantitative estimate of drug-likeness (QED) is 0.802. The molecule has 1 aliphatic heterocycles. The Balaban J connectivity index is 0.00000196. The van der Waals surface area contributed by atoms with Crippen molar-refractivity contribution in [3.8, 4) is 0 Å². The molecule has 2 aromatic rings. The van der Waals surface area contributed by atoms with Crippen molar-refractivity contribution in [1.29, 1.82) is 0 Å². The van der Waals surface area contributed by atoms with Crippen molar-refractivity contribution >= 4 is 41.3 Å². The number of amides is 1. The number of benzene rings is 1. The maximum atomic E-state index is 12.8. The Labute approximate surface area is 168 Å². The van der Waals surface area contributed by atoms with Gasteiger partial charge < -0.3 is 15.4 Å². The molecule has 1 saturated heterocycles. The predicted molar refractivity (Wildman–Crippen MR) is 108 cm³/mol. The first-order valence-corrected chi connectivity index (χ1v) is 9.80. The maximum absolute atomic E-state index is 12.8. The number of hydrogen-bond acceptors (Lipinski definition) is 4. The topological polar surface area (TPSA) is 50.4 Å². The summed E-state index contributed by atoms with van der Waals surface area (Å²) in [6.07, 6.45) is 1.94. The van der Waals surface area contributed by atoms with Gasteiger partial charge in [0.2, 0.25) is 0 Å². The molecule has 0 saturated carbocycles. The van der Waals surface area contributed by atoms with Gasteiger partial charge in [-0.1, -0.05) is 35.9 Å². The van der Waals surface area contributed by atoms with Gasteiger partial charge in [0.1, 0.15) is 4.88 Å². The number of halogens is 2. The molecule has 0 radical (unpaired) electrons. The molecule has 7 heteroatoms. The van der Waals surface area contributed by atoms with E-state index in [4.69, 9.17) is 16.3 Å². The molecular weight excluding hydrogens is 391 g/mol. The van der Waals surface area contributed by atoms with Crippen LogP contribution in [0.2, 0.25) is 5.02 Å². The Bertz CT molecular complexity index is 789. The number of piperidine rings is 1. The summed E-state index contributed by atoms with van der Waals surface area (Å²) < 4.78 is 5.98. The predicted octanol–water partition coefficient (Wildman–Crippen LogP) is 3.94. The molecule has 1 aromatic carbocycles. The summed E-state index contributed by atoms with van der Waals surface area (Å²) in [4.78, 5) is 13.3. The third-order valence-corrected chi connectivity index (χ3v) is 6.88. The van der Waals surface area contributed by atoms with E-state index in [1.54, 1.807) is 13.2 Å². The van der Waals surface area contributed by atoms with Gasteiger partial charge in [0.25, 0.3) is 5.91 Å². The fraction of sp³-hybridized carbons (Fsp3) is 0.421. The van der Waals surface area contributed by atoms with Crippen molar-refractivity contribution in [2.75, 3.05) is 20.2 Å². The first-order chi connectivity index (χ1) is 12.2. The lowest BCUT2D eigenvalue weighted by atomic mass is 9.72. The number of thiophene rings is 1. The van der Waals surface area contributed by atoms with Crippen LogP contribution in [0.4, 0.5) is 0 Å². The summed E-state index contributed by atoms with van der Waals surface area (Å²) in [6, 6.07) is 10.0. The Morgan fingerprint density at radius 1 is 1.31 bits per heavy atom. The van der Waals surface area contributed by atoms with Crippen molar-refractivity contribution in [2.45, 2.75) is 30.4 Å². The van der Waals surface area contributed by atoms with Crippen LogP contribution in [-0.4, -0.2) is 32.2 Å². The van der Waals surface area contributed by atoms with Gasteiger partial charge >= 0.3 is 0 Å². The van der Waals surface area contributed by atoms with Gasteiger partial charge in [-0.15, -0.1) is 23.7 Å². The van der Waals surface area contributed by atoms with E-state index in [1.807, 2.05) is 11.4 Å². The van der Waals surface area contributed by atoms with E-state index in [2.05, 4.69) is 28.8 Å². The van der Waals surface area contributed by atoms with Crippen LogP contribution in [0.25, 0.3) is 0 Å². The van der Waals surface area contributed by atoms with E-state index in [-0.39, 0.29) is 35.9 Å². The first-order valence-electron chi connectivity index (χ1n) is 8.54. The molecule has 0 bridgehead atoms. The summed E-state index contributed by atoms with van der Waals surface area (Å²) in [6.45, 7) is 1.93. The van der Waals surface area contributed by atoms with Crippen LogP contribution < -0.4 is 10.6 Å². The molecule has 2 N–H and O–H groups in total. The zero-order valence-corrected chi connectivity index (χ0v) is 16.8. The van der Waals surface area contributed by atoms with Gasteiger partial charge in [-0.05, 0) is 48.5 Å². The Kier molecular flexibility index (Phi) is 5.94. The molecule has 2 atom stereocenters. The van der Waals surface area contributed by atoms with Gasteiger partial charge in [-0.25, -0.2) is 0 Å². The van der Waals surface area contributed by atoms with E-state index in [0.717, 1.165) is 31.5 Å². The summed E-state index contributed by atoms with van der Waals surface area (Å²) in [5.41, 5.74) is 2.43. The van der Waals surface area contributed by atoms with Crippen LogP contribution >= 0.6 is 35.3 Å². The van der Waals surface area contributed by atoms with Crippen molar-refractivity contribution in [1.82, 2.24) is 10.6 Å². The summed E-state index contributed by atoms with van der Waals surface area (Å²) >= 11 is 7.51. The van der Waals surface area contributed by atoms with Crippen LogP contribution in [0.3, 0.4) is 0 Å². The molecule has 26 heavy (non-hydrogen) atoms. The zero-order chi connectivity index (χ0) is 17.4. The molecule has 2 heterocycles. The average Bonchev–Trinajstić information content (AvgIpc) is 3.17. The second kappa shape index (κ2) is 7.87. The van der Waals surface area contributed by atoms with Crippen molar-refractivity contribution in [3.63, 3.8) is 0 Å². The average molecular weight is 413 g/mol. The lowest BCUT2D eigenvalue weighted by Crippen LogP contribution is -2.49. The van der Waals surface area contributed by atoms with Gasteiger partial charge in [0, 0.05) is 12.5 Å². The van der Waals surface area contributed by atoms with E-state index >= 15 is 0 Å². The van der Waals surface area contributed by atoms with Gasteiger partial charge in [0.05, 0.1) is 17.2 Å². The first kappa shape index (κ1) is 19.6. The molecule has 1 spiro atoms. The minimum atomic E-state index is -0.162. The molecule has 1 aromatic heterocycles. The second-order valence-corrected chi connectivity index (χ2v) is 8.02. The van der Waals surface area contributed by atoms with Crippen LogP contribution in [-0.2, 0) is 10.2 Å². The minimum absolute atomic E-state index is 0. The highest BCUT2D eigenvalue weighted by Crippen LogP contribution is 2.51. The molecule has 1 fully saturated rings. The lowest BCUT2D eigenvalue weighted by molar-refractivity contribution is 0.00401. The minimum Gasteiger partial charge on any atom is -0.378 e. The maximum Gasteiger partial charge on any atom is 0.263 e. The fourth-order valence-electron chi connectivity index (χ4n) is 4.46. The van der Waals surface area contributed by atoms with E-state index in [1.165, 1.54) is 16.9 Å². The summed E-state index contributed by atoms with van der Waals surface area (Å²) in [5.74, 6) is -0.132. The van der Waals surface area contributed by atoms with Gasteiger partial charge in [-0.3, -0.25) is 4.79 Å². The molecule has 1 amide bonds. The number of fused-ring (bicyclic) bond motifs is 2. The Morgan fingerprint density at radius 2 is 2.04 bits per heavy atom.